The molecule has 0 aromatic carbocycles. The number of hydrogen-bond donors (Lipinski definition) is 0. The largest absolute Gasteiger partial charge is 0.260 e. The Labute approximate surface area is 113 Å². The number of pyridine rings is 1. The summed E-state index contributed by atoms with van der Waals surface area (Å²) in [6.45, 7) is 13.3. The van der Waals surface area contributed by atoms with Crippen molar-refractivity contribution in [3.8, 4) is 0 Å². The van der Waals surface area contributed by atoms with E-state index in [1.807, 2.05) is 6.20 Å². The first-order valence-corrected chi connectivity index (χ1v) is 7.23. The van der Waals surface area contributed by atoms with E-state index < -0.39 is 0 Å². The van der Waals surface area contributed by atoms with E-state index in [-0.39, 0.29) is 10.8 Å². The molecule has 0 aliphatic heterocycles. The summed E-state index contributed by atoms with van der Waals surface area (Å²) in [7, 11) is 0. The van der Waals surface area contributed by atoms with Crippen LogP contribution in [0.15, 0.2) is 12.3 Å². The second-order valence-electron chi connectivity index (χ2n) is 7.15. The topological polar surface area (TPSA) is 25.8 Å². The summed E-state index contributed by atoms with van der Waals surface area (Å²) in [4.78, 5) is 9.31. The molecule has 98 valence electrons. The average Bonchev–Trinajstić information content (AvgIpc) is 2.57. The summed E-state index contributed by atoms with van der Waals surface area (Å²) in [5, 5.41) is 1.19. The number of fused-ring (bicyclic) bond motifs is 1. The lowest BCUT2D eigenvalue weighted by Gasteiger charge is -2.16. The maximum atomic E-state index is 4.75. The summed E-state index contributed by atoms with van der Waals surface area (Å²) >= 11 is 1.76. The summed E-state index contributed by atoms with van der Waals surface area (Å²) in [5.74, 6) is 0. The van der Waals surface area contributed by atoms with Crippen molar-refractivity contribution < 1.29 is 0 Å². The number of aromatic nitrogens is 2. The highest BCUT2D eigenvalue weighted by molar-refractivity contribution is 7.18. The van der Waals surface area contributed by atoms with Gasteiger partial charge in [0, 0.05) is 17.3 Å². The van der Waals surface area contributed by atoms with Gasteiger partial charge >= 0.3 is 0 Å². The normalized spacial score (nSPS) is 13.2. The minimum Gasteiger partial charge on any atom is -0.260 e. The first-order chi connectivity index (χ1) is 8.15. The van der Waals surface area contributed by atoms with E-state index in [0.717, 1.165) is 17.6 Å². The fourth-order valence-electron chi connectivity index (χ4n) is 1.84. The number of hydrogen-bond acceptors (Lipinski definition) is 3. The molecule has 3 heteroatoms. The van der Waals surface area contributed by atoms with Crippen LogP contribution in [0.1, 0.15) is 52.2 Å². The molecule has 0 radical (unpaired) electrons. The van der Waals surface area contributed by atoms with E-state index in [1.54, 1.807) is 11.3 Å². The SMILES string of the molecule is CC(C)(C)Cc1cc2nc(C(C)(C)C)sc2cn1. The van der Waals surface area contributed by atoms with Crippen LogP contribution in [0.25, 0.3) is 10.2 Å². The second-order valence-corrected chi connectivity index (χ2v) is 8.18. The summed E-state index contributed by atoms with van der Waals surface area (Å²) in [6.07, 6.45) is 2.97. The minimum atomic E-state index is 0.119. The molecule has 18 heavy (non-hydrogen) atoms. The molecule has 2 heterocycles. The number of nitrogens with zero attached hydrogens (tertiary/aromatic N) is 2. The molecule has 0 fully saturated rings. The van der Waals surface area contributed by atoms with E-state index in [4.69, 9.17) is 4.98 Å². The van der Waals surface area contributed by atoms with E-state index >= 15 is 0 Å². The fourth-order valence-corrected chi connectivity index (χ4v) is 2.81. The van der Waals surface area contributed by atoms with Crippen molar-refractivity contribution in [2.75, 3.05) is 0 Å². The van der Waals surface area contributed by atoms with Crippen LogP contribution in [0.2, 0.25) is 0 Å². The van der Waals surface area contributed by atoms with Crippen molar-refractivity contribution in [1.29, 1.82) is 0 Å². The lowest BCUT2D eigenvalue weighted by molar-refractivity contribution is 0.406. The van der Waals surface area contributed by atoms with E-state index in [9.17, 15) is 0 Å². The van der Waals surface area contributed by atoms with Crippen LogP contribution in [0.3, 0.4) is 0 Å². The first kappa shape index (κ1) is 13.5. The zero-order valence-corrected chi connectivity index (χ0v) is 13.0. The van der Waals surface area contributed by atoms with Gasteiger partial charge in [-0.15, -0.1) is 11.3 Å². The second kappa shape index (κ2) is 4.30. The van der Waals surface area contributed by atoms with Gasteiger partial charge in [0.25, 0.3) is 0 Å². The van der Waals surface area contributed by atoms with Crippen molar-refractivity contribution in [1.82, 2.24) is 9.97 Å². The molecule has 0 spiro atoms. The third-order valence-electron chi connectivity index (χ3n) is 2.69. The highest BCUT2D eigenvalue weighted by Crippen LogP contribution is 2.31. The van der Waals surface area contributed by atoms with Crippen LogP contribution in [0, 0.1) is 5.41 Å². The Kier molecular flexibility index (Phi) is 3.22. The Morgan fingerprint density at radius 1 is 1.11 bits per heavy atom. The van der Waals surface area contributed by atoms with Crippen LogP contribution < -0.4 is 0 Å². The molecule has 0 saturated carbocycles. The van der Waals surface area contributed by atoms with Gasteiger partial charge in [-0.25, -0.2) is 4.98 Å². The standard InChI is InChI=1S/C15H22N2S/c1-14(2,3)8-10-7-11-12(9-16-10)18-13(17-11)15(4,5)6/h7,9H,8H2,1-6H3. The van der Waals surface area contributed by atoms with Crippen LogP contribution in [0.4, 0.5) is 0 Å². The Morgan fingerprint density at radius 3 is 2.33 bits per heavy atom. The molecule has 0 N–H and O–H groups in total. The molecule has 0 aliphatic carbocycles. The molecular weight excluding hydrogens is 240 g/mol. The highest BCUT2D eigenvalue weighted by Gasteiger charge is 2.19. The zero-order valence-electron chi connectivity index (χ0n) is 12.2. The van der Waals surface area contributed by atoms with Gasteiger partial charge in [0.2, 0.25) is 0 Å². The molecule has 0 saturated heterocycles. The van der Waals surface area contributed by atoms with Gasteiger partial charge in [-0.1, -0.05) is 41.5 Å². The van der Waals surface area contributed by atoms with E-state index in [1.165, 1.54) is 9.71 Å². The van der Waals surface area contributed by atoms with Crippen LogP contribution in [0.5, 0.6) is 0 Å². The number of thiazole rings is 1. The summed E-state index contributed by atoms with van der Waals surface area (Å²) < 4.78 is 1.19. The Bertz CT molecular complexity index is 556. The zero-order chi connectivity index (χ0) is 13.6. The lowest BCUT2D eigenvalue weighted by Crippen LogP contribution is -2.10. The quantitative estimate of drug-likeness (QED) is 0.752. The van der Waals surface area contributed by atoms with Crippen LogP contribution in [-0.4, -0.2) is 9.97 Å². The summed E-state index contributed by atoms with van der Waals surface area (Å²) in [6, 6.07) is 2.15. The first-order valence-electron chi connectivity index (χ1n) is 6.41. The van der Waals surface area contributed by atoms with Crippen LogP contribution >= 0.6 is 11.3 Å². The molecule has 2 rings (SSSR count). The van der Waals surface area contributed by atoms with Gasteiger partial charge in [0.05, 0.1) is 15.2 Å². The van der Waals surface area contributed by atoms with Gasteiger partial charge < -0.3 is 0 Å². The summed E-state index contributed by atoms with van der Waals surface area (Å²) in [5.41, 5.74) is 2.62. The predicted molar refractivity (Wildman–Crippen MR) is 79.3 cm³/mol. The van der Waals surface area contributed by atoms with Crippen LogP contribution in [-0.2, 0) is 11.8 Å². The Balaban J connectivity index is 2.40. The lowest BCUT2D eigenvalue weighted by atomic mass is 9.90. The number of rotatable bonds is 1. The van der Waals surface area contributed by atoms with Gasteiger partial charge in [0.1, 0.15) is 0 Å². The smallest absolute Gasteiger partial charge is 0.0992 e. The van der Waals surface area contributed by atoms with Gasteiger partial charge in [-0.2, -0.15) is 0 Å². The van der Waals surface area contributed by atoms with Gasteiger partial charge in [0.15, 0.2) is 0 Å². The molecule has 0 atom stereocenters. The molecule has 0 amide bonds. The average molecular weight is 262 g/mol. The molecule has 0 bridgehead atoms. The highest BCUT2D eigenvalue weighted by atomic mass is 32.1. The minimum absolute atomic E-state index is 0.119. The van der Waals surface area contributed by atoms with Crippen molar-refractivity contribution in [3.63, 3.8) is 0 Å². The Morgan fingerprint density at radius 2 is 1.78 bits per heavy atom. The fraction of sp³-hybridized carbons (Fsp3) is 0.600. The molecule has 0 unspecified atom stereocenters. The predicted octanol–water partition coefficient (Wildman–Crippen LogP) is 4.58. The van der Waals surface area contributed by atoms with Crippen molar-refractivity contribution in [2.45, 2.75) is 53.4 Å². The molecule has 2 aromatic rings. The van der Waals surface area contributed by atoms with Crippen molar-refractivity contribution in [2.24, 2.45) is 5.41 Å². The monoisotopic (exact) mass is 262 g/mol. The molecule has 0 aliphatic rings. The molecular formula is C15H22N2S. The van der Waals surface area contributed by atoms with Crippen molar-refractivity contribution in [3.05, 3.63) is 23.0 Å². The maximum absolute atomic E-state index is 4.75. The van der Waals surface area contributed by atoms with E-state index in [0.29, 0.717) is 0 Å². The third-order valence-corrected chi connectivity index (χ3v) is 4.12. The molecule has 2 nitrogen and oxygen atoms in total. The molecule has 2 aromatic heterocycles. The van der Waals surface area contributed by atoms with E-state index in [2.05, 4.69) is 52.6 Å². The van der Waals surface area contributed by atoms with Gasteiger partial charge in [-0.05, 0) is 17.9 Å². The van der Waals surface area contributed by atoms with Crippen molar-refractivity contribution >= 4 is 21.6 Å². The van der Waals surface area contributed by atoms with Gasteiger partial charge in [-0.3, -0.25) is 4.98 Å². The maximum Gasteiger partial charge on any atom is 0.0992 e. The Hall–Kier alpha value is -0.960. The third kappa shape index (κ3) is 3.08.